The molecule has 0 rings (SSSR count). The van der Waals surface area contributed by atoms with E-state index < -0.39 is 12.1 Å². The molecule has 0 aromatic heterocycles. The first-order chi connectivity index (χ1) is 19.7. The second-order valence-electron chi connectivity index (χ2n) is 12.3. The highest BCUT2D eigenvalue weighted by molar-refractivity contribution is 5.76. The van der Waals surface area contributed by atoms with Crippen LogP contribution in [-0.4, -0.2) is 34.9 Å². The summed E-state index contributed by atoms with van der Waals surface area (Å²) < 4.78 is 0. The van der Waals surface area contributed by atoms with Gasteiger partial charge < -0.3 is 15.5 Å². The smallest absolute Gasteiger partial charge is 0.220 e. The largest absolute Gasteiger partial charge is 0.394 e. The number of carbonyl (C=O) groups excluding carboxylic acids is 1. The van der Waals surface area contributed by atoms with E-state index in [-0.39, 0.29) is 12.5 Å². The lowest BCUT2D eigenvalue weighted by molar-refractivity contribution is -0.123. The fraction of sp³-hybridized carbons (Fsp3) is 0.917. The minimum atomic E-state index is -0.831. The molecule has 4 nitrogen and oxygen atoms in total. The van der Waals surface area contributed by atoms with Gasteiger partial charge in [-0.05, 0) is 19.3 Å². The number of nitrogens with one attached hydrogen (secondary N) is 1. The van der Waals surface area contributed by atoms with Crippen molar-refractivity contribution in [2.24, 2.45) is 0 Å². The summed E-state index contributed by atoms with van der Waals surface area (Å²) >= 11 is 0. The molecular weight excluding hydrogens is 494 g/mol. The number of rotatable bonds is 32. The van der Waals surface area contributed by atoms with Crippen molar-refractivity contribution in [3.63, 3.8) is 0 Å². The molecule has 0 heterocycles. The number of carbonyl (C=O) groups is 1. The van der Waals surface area contributed by atoms with Crippen LogP contribution in [0.4, 0.5) is 0 Å². The van der Waals surface area contributed by atoms with Crippen LogP contribution >= 0.6 is 0 Å². The van der Waals surface area contributed by atoms with Crippen LogP contribution in [-0.2, 0) is 4.79 Å². The van der Waals surface area contributed by atoms with Crippen molar-refractivity contribution < 1.29 is 15.0 Å². The average molecular weight is 566 g/mol. The van der Waals surface area contributed by atoms with Crippen LogP contribution in [0.2, 0.25) is 0 Å². The molecule has 0 spiro atoms. The number of unbranched alkanes of at least 4 members (excludes halogenated alkanes) is 25. The number of hydrogen-bond acceptors (Lipinski definition) is 3. The zero-order valence-electron chi connectivity index (χ0n) is 27.1. The second-order valence-corrected chi connectivity index (χ2v) is 12.3. The summed E-state index contributed by atoms with van der Waals surface area (Å²) in [7, 11) is 0. The Morgan fingerprint density at radius 3 is 1.30 bits per heavy atom. The maximum Gasteiger partial charge on any atom is 0.220 e. The summed E-state index contributed by atoms with van der Waals surface area (Å²) in [5, 5.41) is 22.8. The maximum absolute atomic E-state index is 12.3. The highest BCUT2D eigenvalue weighted by Crippen LogP contribution is 2.14. The number of hydrogen-bond donors (Lipinski definition) is 3. The zero-order valence-corrected chi connectivity index (χ0v) is 27.1. The minimum absolute atomic E-state index is 0.0634. The maximum atomic E-state index is 12.3. The molecule has 1 amide bonds. The van der Waals surface area contributed by atoms with Gasteiger partial charge in [-0.1, -0.05) is 180 Å². The molecule has 40 heavy (non-hydrogen) atoms. The minimum Gasteiger partial charge on any atom is -0.394 e. The Bertz CT molecular complexity index is 536. The van der Waals surface area contributed by atoms with Gasteiger partial charge in [-0.15, -0.1) is 0 Å². The highest BCUT2D eigenvalue weighted by atomic mass is 16.3. The molecule has 0 bridgehead atoms. The zero-order chi connectivity index (χ0) is 29.4. The van der Waals surface area contributed by atoms with E-state index in [4.69, 9.17) is 0 Å². The molecule has 3 N–H and O–H groups in total. The van der Waals surface area contributed by atoms with Gasteiger partial charge in [0.2, 0.25) is 5.91 Å². The lowest BCUT2D eigenvalue weighted by Crippen LogP contribution is -2.45. The monoisotopic (exact) mass is 566 g/mol. The Hall–Kier alpha value is -0.870. The van der Waals surface area contributed by atoms with E-state index in [9.17, 15) is 15.0 Å². The van der Waals surface area contributed by atoms with Crippen LogP contribution < -0.4 is 5.32 Å². The van der Waals surface area contributed by atoms with Crippen molar-refractivity contribution >= 4 is 5.91 Å². The van der Waals surface area contributed by atoms with Crippen LogP contribution in [0, 0.1) is 0 Å². The molecular formula is C36H71NO3. The second kappa shape index (κ2) is 32.6. The molecule has 238 valence electrons. The molecule has 0 saturated carbocycles. The molecule has 0 aliphatic heterocycles. The van der Waals surface area contributed by atoms with Crippen molar-refractivity contribution in [1.82, 2.24) is 5.32 Å². The Morgan fingerprint density at radius 2 is 0.925 bits per heavy atom. The van der Waals surface area contributed by atoms with Gasteiger partial charge in [-0.3, -0.25) is 4.79 Å². The first-order valence-electron chi connectivity index (χ1n) is 17.9. The van der Waals surface area contributed by atoms with E-state index in [0.717, 1.165) is 25.7 Å². The van der Waals surface area contributed by atoms with Crippen molar-refractivity contribution in [2.45, 2.75) is 206 Å². The molecule has 0 aromatic carbocycles. The van der Waals surface area contributed by atoms with Crippen molar-refractivity contribution in [2.75, 3.05) is 6.61 Å². The van der Waals surface area contributed by atoms with E-state index in [1.54, 1.807) is 6.08 Å². The van der Waals surface area contributed by atoms with Gasteiger partial charge >= 0.3 is 0 Å². The summed E-state index contributed by atoms with van der Waals surface area (Å²) in [6, 6.07) is -0.614. The van der Waals surface area contributed by atoms with Gasteiger partial charge in [0.1, 0.15) is 0 Å². The Morgan fingerprint density at radius 1 is 0.575 bits per heavy atom. The topological polar surface area (TPSA) is 69.6 Å². The summed E-state index contributed by atoms with van der Waals surface area (Å²) in [6.45, 7) is 4.30. The average Bonchev–Trinajstić information content (AvgIpc) is 2.96. The molecule has 0 saturated heterocycles. The lowest BCUT2D eigenvalue weighted by Gasteiger charge is -2.20. The van der Waals surface area contributed by atoms with E-state index in [2.05, 4.69) is 19.2 Å². The van der Waals surface area contributed by atoms with Crippen LogP contribution in [0.25, 0.3) is 0 Å². The standard InChI is InChI=1S/C36H71NO3/c1-3-5-7-9-11-13-15-17-18-20-22-24-26-28-30-32-36(40)37-34(33-38)35(39)31-29-27-25-23-21-19-16-14-12-10-8-6-4-2/h29,31,34-35,38-39H,3-28,30,32-33H2,1-2H3,(H,37,40)/t34-,35-/m0/s1. The van der Waals surface area contributed by atoms with E-state index in [1.807, 2.05) is 6.08 Å². The van der Waals surface area contributed by atoms with Crippen LogP contribution in [0.5, 0.6) is 0 Å². The van der Waals surface area contributed by atoms with Gasteiger partial charge in [0.25, 0.3) is 0 Å². The molecule has 4 heteroatoms. The van der Waals surface area contributed by atoms with Crippen molar-refractivity contribution in [3.05, 3.63) is 12.2 Å². The number of allylic oxidation sites excluding steroid dienone is 1. The molecule has 0 aliphatic rings. The van der Waals surface area contributed by atoms with E-state index in [0.29, 0.717) is 6.42 Å². The van der Waals surface area contributed by atoms with E-state index >= 15 is 0 Å². The Kier molecular flexibility index (Phi) is 31.9. The third-order valence-electron chi connectivity index (χ3n) is 8.27. The van der Waals surface area contributed by atoms with Crippen molar-refractivity contribution in [3.8, 4) is 0 Å². The predicted octanol–water partition coefficient (Wildman–Crippen LogP) is 10.3. The summed E-state index contributed by atoms with van der Waals surface area (Å²) in [6.07, 6.45) is 38.6. The molecule has 0 radical (unpaired) electrons. The number of aliphatic hydroxyl groups excluding tert-OH is 2. The van der Waals surface area contributed by atoms with Gasteiger partial charge in [0, 0.05) is 6.42 Å². The summed E-state index contributed by atoms with van der Waals surface area (Å²) in [5.74, 6) is -0.0634. The Labute approximate surface area is 250 Å². The van der Waals surface area contributed by atoms with Gasteiger partial charge in [-0.25, -0.2) is 0 Å². The fourth-order valence-corrected chi connectivity index (χ4v) is 5.47. The van der Waals surface area contributed by atoms with Crippen LogP contribution in [0.1, 0.15) is 194 Å². The molecule has 0 aliphatic carbocycles. The SMILES string of the molecule is CCCCCCCCCCCCCC=C[C@H](O)[C@H](CO)NC(=O)CCCCCCCCCCCCCCCCC. The van der Waals surface area contributed by atoms with Gasteiger partial charge in [-0.2, -0.15) is 0 Å². The fourth-order valence-electron chi connectivity index (χ4n) is 5.47. The number of amides is 1. The summed E-state index contributed by atoms with van der Waals surface area (Å²) in [4.78, 5) is 12.3. The van der Waals surface area contributed by atoms with Crippen molar-refractivity contribution in [1.29, 1.82) is 0 Å². The normalized spacial score (nSPS) is 13.2. The quantitative estimate of drug-likeness (QED) is 0.0561. The van der Waals surface area contributed by atoms with E-state index in [1.165, 1.54) is 148 Å². The summed E-state index contributed by atoms with van der Waals surface area (Å²) in [5.41, 5.74) is 0. The highest BCUT2D eigenvalue weighted by Gasteiger charge is 2.17. The Balaban J connectivity index is 3.60. The first kappa shape index (κ1) is 39.1. The van der Waals surface area contributed by atoms with Crippen LogP contribution in [0.3, 0.4) is 0 Å². The lowest BCUT2D eigenvalue weighted by atomic mass is 10.0. The molecule has 0 fully saturated rings. The first-order valence-corrected chi connectivity index (χ1v) is 17.9. The van der Waals surface area contributed by atoms with Crippen LogP contribution in [0.15, 0.2) is 12.2 Å². The molecule has 0 unspecified atom stereocenters. The third kappa shape index (κ3) is 28.7. The predicted molar refractivity (Wildman–Crippen MR) is 175 cm³/mol. The number of aliphatic hydroxyl groups is 2. The van der Waals surface area contributed by atoms with Gasteiger partial charge in [0.05, 0.1) is 18.8 Å². The molecule has 2 atom stereocenters. The van der Waals surface area contributed by atoms with Gasteiger partial charge in [0.15, 0.2) is 0 Å². The molecule has 0 aromatic rings. The third-order valence-corrected chi connectivity index (χ3v) is 8.27.